The number of halogens is 1. The zero-order chi connectivity index (χ0) is 18.8. The topological polar surface area (TPSA) is 80.9 Å². The van der Waals surface area contributed by atoms with Crippen LogP contribution >= 0.6 is 12.4 Å². The Bertz CT molecular complexity index is 983. The number of carbonyl (C=O) groups is 1. The van der Waals surface area contributed by atoms with Crippen molar-refractivity contribution in [2.75, 3.05) is 5.32 Å². The highest BCUT2D eigenvalue weighted by molar-refractivity contribution is 5.92. The Hall–Kier alpha value is -2.66. The van der Waals surface area contributed by atoms with Crippen LogP contribution in [0.3, 0.4) is 0 Å². The molecule has 3 aromatic rings. The Morgan fingerprint density at radius 2 is 1.86 bits per heavy atom. The Morgan fingerprint density at radius 1 is 1.11 bits per heavy atom. The molecule has 28 heavy (non-hydrogen) atoms. The summed E-state index contributed by atoms with van der Waals surface area (Å²) in [6, 6.07) is 14.3. The Morgan fingerprint density at radius 3 is 2.61 bits per heavy atom. The Labute approximate surface area is 171 Å². The smallest absolute Gasteiger partial charge is 0.248 e. The van der Waals surface area contributed by atoms with E-state index in [0.717, 1.165) is 42.7 Å². The number of nitrogens with zero attached hydrogens (tertiary/aromatic N) is 2. The van der Waals surface area contributed by atoms with Crippen LogP contribution in [0, 0.1) is 6.92 Å². The number of pyridine rings is 2. The van der Waals surface area contributed by atoms with E-state index >= 15 is 0 Å². The molecule has 146 valence electrons. The maximum absolute atomic E-state index is 11.4. The first-order valence-corrected chi connectivity index (χ1v) is 9.49. The summed E-state index contributed by atoms with van der Waals surface area (Å²) in [7, 11) is 0. The third-order valence-corrected chi connectivity index (χ3v) is 5.49. The monoisotopic (exact) mass is 396 g/mol. The maximum atomic E-state index is 11.4. The van der Waals surface area contributed by atoms with Crippen molar-refractivity contribution in [3.05, 3.63) is 65.5 Å². The summed E-state index contributed by atoms with van der Waals surface area (Å²) in [6.07, 6.45) is 5.88. The molecule has 1 saturated carbocycles. The number of carbonyl (C=O) groups excluding carboxylic acids is 1. The first-order valence-electron chi connectivity index (χ1n) is 9.49. The van der Waals surface area contributed by atoms with E-state index in [2.05, 4.69) is 35.4 Å². The van der Waals surface area contributed by atoms with Gasteiger partial charge in [-0.25, -0.2) is 4.98 Å². The highest BCUT2D eigenvalue weighted by Crippen LogP contribution is 2.33. The van der Waals surface area contributed by atoms with Gasteiger partial charge in [0.1, 0.15) is 5.82 Å². The predicted molar refractivity (Wildman–Crippen MR) is 115 cm³/mol. The highest BCUT2D eigenvalue weighted by Gasteiger charge is 2.24. The van der Waals surface area contributed by atoms with Crippen molar-refractivity contribution in [2.24, 2.45) is 5.73 Å². The number of aromatic nitrogens is 2. The molecule has 5 nitrogen and oxygen atoms in total. The molecule has 3 N–H and O–H groups in total. The molecule has 0 radical (unpaired) electrons. The highest BCUT2D eigenvalue weighted by atomic mass is 35.5. The van der Waals surface area contributed by atoms with Gasteiger partial charge in [-0.15, -0.1) is 12.4 Å². The molecule has 0 saturated heterocycles. The second-order valence-electron chi connectivity index (χ2n) is 7.37. The molecule has 0 unspecified atom stereocenters. The number of benzene rings is 1. The van der Waals surface area contributed by atoms with E-state index in [1.165, 1.54) is 10.9 Å². The lowest BCUT2D eigenvalue weighted by atomic mass is 9.83. The van der Waals surface area contributed by atoms with E-state index in [4.69, 9.17) is 10.7 Å². The minimum atomic E-state index is -0.397. The Kier molecular flexibility index (Phi) is 6.15. The van der Waals surface area contributed by atoms with Gasteiger partial charge in [0.15, 0.2) is 0 Å². The van der Waals surface area contributed by atoms with Crippen LogP contribution in [0.4, 0.5) is 5.82 Å². The van der Waals surface area contributed by atoms with E-state index in [-0.39, 0.29) is 12.4 Å². The summed E-state index contributed by atoms with van der Waals surface area (Å²) in [5, 5.41) is 4.81. The lowest BCUT2D eigenvalue weighted by Crippen LogP contribution is -2.26. The molecule has 6 heteroatoms. The minimum Gasteiger partial charge on any atom is -0.367 e. The molecule has 0 aliphatic heterocycles. The van der Waals surface area contributed by atoms with Gasteiger partial charge >= 0.3 is 0 Å². The number of aryl methyl sites for hydroxylation is 1. The van der Waals surface area contributed by atoms with Gasteiger partial charge in [-0.2, -0.15) is 0 Å². The summed E-state index contributed by atoms with van der Waals surface area (Å²) >= 11 is 0. The molecular formula is C22H25ClN4O. The van der Waals surface area contributed by atoms with Gasteiger partial charge in [0.2, 0.25) is 5.91 Å². The first-order chi connectivity index (χ1) is 13.1. The van der Waals surface area contributed by atoms with Crippen molar-refractivity contribution >= 4 is 35.0 Å². The van der Waals surface area contributed by atoms with Crippen LogP contribution in [0.1, 0.15) is 53.2 Å². The van der Waals surface area contributed by atoms with Crippen LogP contribution in [-0.2, 0) is 0 Å². The van der Waals surface area contributed by atoms with Gasteiger partial charge in [-0.1, -0.05) is 18.2 Å². The van der Waals surface area contributed by atoms with Crippen molar-refractivity contribution in [3.8, 4) is 0 Å². The number of hydrogen-bond acceptors (Lipinski definition) is 4. The summed E-state index contributed by atoms with van der Waals surface area (Å²) in [5.74, 6) is 0.934. The number of anilines is 1. The molecule has 0 bridgehead atoms. The van der Waals surface area contributed by atoms with E-state index in [0.29, 0.717) is 17.5 Å². The molecule has 2 heterocycles. The van der Waals surface area contributed by atoms with Gasteiger partial charge in [0, 0.05) is 34.8 Å². The van der Waals surface area contributed by atoms with Crippen LogP contribution in [-0.4, -0.2) is 21.9 Å². The number of para-hydroxylation sites is 1. The maximum Gasteiger partial charge on any atom is 0.248 e. The Balaban J connectivity index is 0.00000225. The molecule has 1 fully saturated rings. The SMILES string of the molecule is Cc1cc(NC2CCC(c3cc(C(N)=O)ccn3)CC2)nc2ccccc12.Cl. The lowest BCUT2D eigenvalue weighted by molar-refractivity contribution is 0.1000. The molecule has 1 aliphatic rings. The van der Waals surface area contributed by atoms with Crippen molar-refractivity contribution < 1.29 is 4.79 Å². The molecular weight excluding hydrogens is 372 g/mol. The summed E-state index contributed by atoms with van der Waals surface area (Å²) in [5.41, 5.74) is 9.17. The van der Waals surface area contributed by atoms with Crippen molar-refractivity contribution in [2.45, 2.75) is 44.6 Å². The zero-order valence-electron chi connectivity index (χ0n) is 15.9. The van der Waals surface area contributed by atoms with Crippen molar-refractivity contribution in [1.29, 1.82) is 0 Å². The number of nitrogens with one attached hydrogen (secondary N) is 1. The van der Waals surface area contributed by atoms with Gasteiger partial charge < -0.3 is 11.1 Å². The molecule has 1 aliphatic carbocycles. The number of rotatable bonds is 4. The number of primary amides is 1. The first kappa shape index (κ1) is 20.1. The van der Waals surface area contributed by atoms with Gasteiger partial charge in [-0.05, 0) is 62.4 Å². The third kappa shape index (κ3) is 4.25. The largest absolute Gasteiger partial charge is 0.367 e. The van der Waals surface area contributed by atoms with Crippen molar-refractivity contribution in [1.82, 2.24) is 9.97 Å². The number of nitrogens with two attached hydrogens (primary N) is 1. The van der Waals surface area contributed by atoms with Gasteiger partial charge in [0.05, 0.1) is 5.52 Å². The van der Waals surface area contributed by atoms with Crippen LogP contribution in [0.25, 0.3) is 10.9 Å². The fourth-order valence-electron chi connectivity index (χ4n) is 3.99. The molecule has 1 aromatic carbocycles. The average molecular weight is 397 g/mol. The molecule has 4 rings (SSSR count). The second-order valence-corrected chi connectivity index (χ2v) is 7.37. The van der Waals surface area contributed by atoms with Crippen LogP contribution < -0.4 is 11.1 Å². The second kappa shape index (κ2) is 8.57. The van der Waals surface area contributed by atoms with Crippen molar-refractivity contribution in [3.63, 3.8) is 0 Å². The standard InChI is InChI=1S/C22H24N4O.ClH/c1-14-12-21(26-19-5-3-2-4-18(14)19)25-17-8-6-15(7-9-17)20-13-16(22(23)27)10-11-24-20;/h2-5,10-13,15,17H,6-9H2,1H3,(H2,23,27)(H,25,26);1H. The van der Waals surface area contributed by atoms with E-state index in [1.54, 1.807) is 12.3 Å². The predicted octanol–water partition coefficient (Wildman–Crippen LogP) is 4.60. The van der Waals surface area contributed by atoms with Gasteiger partial charge in [0.25, 0.3) is 0 Å². The normalized spacial score (nSPS) is 19.0. The lowest BCUT2D eigenvalue weighted by Gasteiger charge is -2.29. The summed E-state index contributed by atoms with van der Waals surface area (Å²) in [4.78, 5) is 20.6. The van der Waals surface area contributed by atoms with E-state index < -0.39 is 5.91 Å². The number of amides is 1. The van der Waals surface area contributed by atoms with Crippen LogP contribution in [0.2, 0.25) is 0 Å². The summed E-state index contributed by atoms with van der Waals surface area (Å²) in [6.45, 7) is 2.13. The van der Waals surface area contributed by atoms with Gasteiger partial charge in [-0.3, -0.25) is 9.78 Å². The zero-order valence-corrected chi connectivity index (χ0v) is 16.7. The third-order valence-electron chi connectivity index (χ3n) is 5.49. The number of hydrogen-bond donors (Lipinski definition) is 2. The fourth-order valence-corrected chi connectivity index (χ4v) is 3.99. The number of fused-ring (bicyclic) bond motifs is 1. The molecule has 0 spiro atoms. The fraction of sp³-hybridized carbons (Fsp3) is 0.318. The van der Waals surface area contributed by atoms with Crippen LogP contribution in [0.15, 0.2) is 48.7 Å². The van der Waals surface area contributed by atoms with E-state index in [1.807, 2.05) is 18.2 Å². The molecule has 0 atom stereocenters. The quantitative estimate of drug-likeness (QED) is 0.675. The summed E-state index contributed by atoms with van der Waals surface area (Å²) < 4.78 is 0. The molecule has 1 amide bonds. The molecule has 2 aromatic heterocycles. The van der Waals surface area contributed by atoms with E-state index in [9.17, 15) is 4.79 Å². The average Bonchev–Trinajstić information content (AvgIpc) is 2.69. The minimum absolute atomic E-state index is 0. The van der Waals surface area contributed by atoms with Crippen LogP contribution in [0.5, 0.6) is 0 Å².